The zero-order valence-electron chi connectivity index (χ0n) is 13.8. The Morgan fingerprint density at radius 3 is 2.88 bits per heavy atom. The van der Waals surface area contributed by atoms with Gasteiger partial charge in [-0.2, -0.15) is 0 Å². The molecule has 6 heteroatoms. The Bertz CT molecular complexity index is 731. The highest BCUT2D eigenvalue weighted by Gasteiger charge is 2.10. The van der Waals surface area contributed by atoms with E-state index in [0.717, 1.165) is 41.4 Å². The van der Waals surface area contributed by atoms with E-state index >= 15 is 0 Å². The van der Waals surface area contributed by atoms with Crippen LogP contribution in [0, 0.1) is 6.92 Å². The maximum atomic E-state index is 5.95. The molecule has 0 aliphatic carbocycles. The summed E-state index contributed by atoms with van der Waals surface area (Å²) < 4.78 is 11.3. The summed E-state index contributed by atoms with van der Waals surface area (Å²) in [5.41, 5.74) is 8.81. The molecule has 0 radical (unpaired) electrons. The van der Waals surface area contributed by atoms with Crippen LogP contribution in [0.1, 0.15) is 17.8 Å². The maximum Gasteiger partial charge on any atom is 0.193 e. The molecule has 0 fully saturated rings. The van der Waals surface area contributed by atoms with Crippen LogP contribution >= 0.6 is 0 Å². The number of aliphatic imine (C=N–C) groups is 1. The first-order valence-electron chi connectivity index (χ1n) is 8.10. The van der Waals surface area contributed by atoms with Crippen molar-refractivity contribution in [3.8, 4) is 11.5 Å². The minimum Gasteiger partial charge on any atom is -0.490 e. The summed E-state index contributed by atoms with van der Waals surface area (Å²) in [6.45, 7) is 3.90. The van der Waals surface area contributed by atoms with Crippen molar-refractivity contribution in [1.82, 2.24) is 4.98 Å². The summed E-state index contributed by atoms with van der Waals surface area (Å²) in [6.07, 6.45) is 1.64. The Labute approximate surface area is 141 Å². The van der Waals surface area contributed by atoms with Crippen molar-refractivity contribution in [3.05, 3.63) is 47.8 Å². The highest BCUT2D eigenvalue weighted by Crippen LogP contribution is 2.32. The van der Waals surface area contributed by atoms with Gasteiger partial charge in [-0.3, -0.25) is 9.98 Å². The number of nitrogens with one attached hydrogen (secondary N) is 1. The van der Waals surface area contributed by atoms with Crippen LogP contribution in [0.5, 0.6) is 11.5 Å². The Hall–Kier alpha value is -2.76. The molecule has 0 saturated heterocycles. The van der Waals surface area contributed by atoms with Crippen LogP contribution in [0.4, 0.5) is 5.69 Å². The van der Waals surface area contributed by atoms with E-state index in [9.17, 15) is 0 Å². The van der Waals surface area contributed by atoms with Crippen LogP contribution in [-0.2, 0) is 6.42 Å². The fraction of sp³-hybridized carbons (Fsp3) is 0.333. The number of fused-ring (bicyclic) bond motifs is 1. The number of rotatable bonds is 4. The number of hydrogen-bond donors (Lipinski definition) is 2. The predicted octanol–water partition coefficient (Wildman–Crippen LogP) is 2.52. The van der Waals surface area contributed by atoms with E-state index in [1.165, 1.54) is 0 Å². The number of benzene rings is 1. The van der Waals surface area contributed by atoms with Gasteiger partial charge < -0.3 is 20.5 Å². The maximum absolute atomic E-state index is 5.95. The number of aromatic nitrogens is 1. The fourth-order valence-electron chi connectivity index (χ4n) is 2.46. The van der Waals surface area contributed by atoms with Gasteiger partial charge in [0.25, 0.3) is 0 Å². The van der Waals surface area contributed by atoms with E-state index < -0.39 is 0 Å². The molecule has 2 aromatic rings. The van der Waals surface area contributed by atoms with Gasteiger partial charge in [0.15, 0.2) is 17.5 Å². The number of hydrogen-bond acceptors (Lipinski definition) is 4. The first-order valence-corrected chi connectivity index (χ1v) is 8.10. The van der Waals surface area contributed by atoms with E-state index in [4.69, 9.17) is 15.2 Å². The first-order chi connectivity index (χ1) is 11.7. The van der Waals surface area contributed by atoms with Crippen molar-refractivity contribution in [2.75, 3.05) is 25.1 Å². The predicted molar refractivity (Wildman–Crippen MR) is 94.8 cm³/mol. The van der Waals surface area contributed by atoms with Gasteiger partial charge in [0.2, 0.25) is 0 Å². The van der Waals surface area contributed by atoms with Crippen LogP contribution in [0.3, 0.4) is 0 Å². The van der Waals surface area contributed by atoms with Crippen molar-refractivity contribution in [3.63, 3.8) is 0 Å². The SMILES string of the molecule is Cc1cccc(CCN=C(N)Nc2ccc3c(c2)OCCCO3)n1. The first kappa shape index (κ1) is 16.1. The van der Waals surface area contributed by atoms with E-state index in [2.05, 4.69) is 15.3 Å². The summed E-state index contributed by atoms with van der Waals surface area (Å²) >= 11 is 0. The summed E-state index contributed by atoms with van der Waals surface area (Å²) in [7, 11) is 0. The average molecular weight is 326 g/mol. The van der Waals surface area contributed by atoms with Crippen molar-refractivity contribution in [1.29, 1.82) is 0 Å². The topological polar surface area (TPSA) is 81.8 Å². The lowest BCUT2D eigenvalue weighted by atomic mass is 10.2. The molecule has 1 aromatic carbocycles. The monoisotopic (exact) mass is 326 g/mol. The smallest absolute Gasteiger partial charge is 0.193 e. The van der Waals surface area contributed by atoms with E-state index in [1.807, 2.05) is 43.3 Å². The fourth-order valence-corrected chi connectivity index (χ4v) is 2.46. The molecule has 126 valence electrons. The molecular weight excluding hydrogens is 304 g/mol. The van der Waals surface area contributed by atoms with Gasteiger partial charge in [0.05, 0.1) is 13.2 Å². The Morgan fingerprint density at radius 2 is 2.04 bits per heavy atom. The highest BCUT2D eigenvalue weighted by molar-refractivity contribution is 5.92. The molecule has 0 bridgehead atoms. The van der Waals surface area contributed by atoms with Crippen LogP contribution in [0.25, 0.3) is 0 Å². The molecule has 24 heavy (non-hydrogen) atoms. The lowest BCUT2D eigenvalue weighted by Crippen LogP contribution is -2.23. The zero-order valence-corrected chi connectivity index (χ0v) is 13.8. The minimum absolute atomic E-state index is 0.372. The molecule has 0 unspecified atom stereocenters. The highest BCUT2D eigenvalue weighted by atomic mass is 16.5. The molecule has 0 amide bonds. The van der Waals surface area contributed by atoms with Gasteiger partial charge in [-0.25, -0.2) is 0 Å². The standard InChI is InChI=1S/C18H22N4O2/c1-13-4-2-5-14(21-13)8-9-20-18(19)22-15-6-7-16-17(12-15)24-11-3-10-23-16/h2,4-7,12H,3,8-11H2,1H3,(H3,19,20,22). The van der Waals surface area contributed by atoms with Gasteiger partial charge in [-0.15, -0.1) is 0 Å². The van der Waals surface area contributed by atoms with Gasteiger partial charge >= 0.3 is 0 Å². The number of aryl methyl sites for hydroxylation is 1. The Kier molecular flexibility index (Phi) is 5.15. The van der Waals surface area contributed by atoms with Crippen LogP contribution in [0.2, 0.25) is 0 Å². The van der Waals surface area contributed by atoms with Gasteiger partial charge in [-0.1, -0.05) is 6.07 Å². The molecular formula is C18H22N4O2. The molecule has 3 rings (SSSR count). The van der Waals surface area contributed by atoms with Gasteiger partial charge in [-0.05, 0) is 31.2 Å². The lowest BCUT2D eigenvalue weighted by molar-refractivity contribution is 0.297. The molecule has 1 aromatic heterocycles. The third kappa shape index (κ3) is 4.38. The molecule has 0 saturated carbocycles. The van der Waals surface area contributed by atoms with Crippen molar-refractivity contribution in [2.24, 2.45) is 10.7 Å². The molecule has 1 aliphatic heterocycles. The number of pyridine rings is 1. The number of nitrogens with two attached hydrogens (primary N) is 1. The number of anilines is 1. The summed E-state index contributed by atoms with van der Waals surface area (Å²) in [6, 6.07) is 11.6. The molecule has 2 heterocycles. The van der Waals surface area contributed by atoms with Crippen LogP contribution < -0.4 is 20.5 Å². The van der Waals surface area contributed by atoms with Crippen molar-refractivity contribution in [2.45, 2.75) is 19.8 Å². The molecule has 6 nitrogen and oxygen atoms in total. The zero-order chi connectivity index (χ0) is 16.8. The quantitative estimate of drug-likeness (QED) is 0.666. The summed E-state index contributed by atoms with van der Waals surface area (Å²) in [4.78, 5) is 8.80. The second-order valence-electron chi connectivity index (χ2n) is 5.62. The van der Waals surface area contributed by atoms with Crippen molar-refractivity contribution >= 4 is 11.6 Å². The largest absolute Gasteiger partial charge is 0.490 e. The third-order valence-corrected chi connectivity index (χ3v) is 3.62. The number of nitrogens with zero attached hydrogens (tertiary/aromatic N) is 2. The molecule has 0 spiro atoms. The summed E-state index contributed by atoms with van der Waals surface area (Å²) in [5.74, 6) is 1.87. The normalized spacial score (nSPS) is 14.1. The van der Waals surface area contributed by atoms with Gasteiger partial charge in [0, 0.05) is 42.5 Å². The molecule has 3 N–H and O–H groups in total. The van der Waals surface area contributed by atoms with E-state index in [-0.39, 0.29) is 0 Å². The van der Waals surface area contributed by atoms with E-state index in [1.54, 1.807) is 0 Å². The van der Waals surface area contributed by atoms with Gasteiger partial charge in [0.1, 0.15) is 0 Å². The Balaban J connectivity index is 1.58. The summed E-state index contributed by atoms with van der Waals surface area (Å²) in [5, 5.41) is 3.08. The Morgan fingerprint density at radius 1 is 1.21 bits per heavy atom. The molecule has 1 aliphatic rings. The molecule has 0 atom stereocenters. The number of ether oxygens (including phenoxy) is 2. The van der Waals surface area contributed by atoms with E-state index in [0.29, 0.717) is 25.7 Å². The minimum atomic E-state index is 0.372. The second kappa shape index (κ2) is 7.68. The average Bonchev–Trinajstić information content (AvgIpc) is 2.80. The second-order valence-corrected chi connectivity index (χ2v) is 5.62. The van der Waals surface area contributed by atoms with Crippen LogP contribution in [0.15, 0.2) is 41.4 Å². The lowest BCUT2D eigenvalue weighted by Gasteiger charge is -2.10. The number of guanidine groups is 1. The third-order valence-electron chi connectivity index (χ3n) is 3.62. The van der Waals surface area contributed by atoms with Crippen LogP contribution in [-0.4, -0.2) is 30.7 Å². The van der Waals surface area contributed by atoms with Crippen molar-refractivity contribution < 1.29 is 9.47 Å².